The lowest BCUT2D eigenvalue weighted by Gasteiger charge is -2.28. The summed E-state index contributed by atoms with van der Waals surface area (Å²) in [6.45, 7) is 7.75. The first-order valence-corrected chi connectivity index (χ1v) is 8.48. The molecule has 1 rings (SSSR count). The lowest BCUT2D eigenvalue weighted by atomic mass is 10.1. The van der Waals surface area contributed by atoms with Gasteiger partial charge in [0.15, 0.2) is 0 Å². The zero-order chi connectivity index (χ0) is 13.4. The molecule has 0 aromatic carbocycles. The van der Waals surface area contributed by atoms with Crippen molar-refractivity contribution in [2.45, 2.75) is 45.7 Å². The van der Waals surface area contributed by atoms with Crippen molar-refractivity contribution >= 4 is 27.3 Å². The zero-order valence-electron chi connectivity index (χ0n) is 11.7. The smallest absolute Gasteiger partial charge is 0.0701 e. The number of hydrogen-bond acceptors (Lipinski definition) is 3. The Kier molecular flexibility index (Phi) is 8.15. The monoisotopic (exact) mass is 332 g/mol. The molecule has 18 heavy (non-hydrogen) atoms. The first-order valence-electron chi connectivity index (χ1n) is 6.81. The summed E-state index contributed by atoms with van der Waals surface area (Å²) in [7, 11) is 2.24. The van der Waals surface area contributed by atoms with Crippen LogP contribution in [0.15, 0.2) is 15.2 Å². The van der Waals surface area contributed by atoms with Gasteiger partial charge in [0.05, 0.1) is 3.79 Å². The summed E-state index contributed by atoms with van der Waals surface area (Å²) in [5, 5.41) is 5.78. The summed E-state index contributed by atoms with van der Waals surface area (Å²) in [6.07, 6.45) is 3.72. The molecule has 0 saturated carbocycles. The van der Waals surface area contributed by atoms with E-state index in [2.05, 4.69) is 58.5 Å². The van der Waals surface area contributed by atoms with Crippen molar-refractivity contribution in [3.8, 4) is 0 Å². The molecule has 1 atom stereocenters. The molecule has 1 aromatic rings. The number of halogens is 1. The molecular formula is C14H25BrN2S. The van der Waals surface area contributed by atoms with E-state index in [-0.39, 0.29) is 0 Å². The maximum atomic E-state index is 3.54. The molecule has 0 amide bonds. The van der Waals surface area contributed by atoms with E-state index in [0.29, 0.717) is 6.04 Å². The van der Waals surface area contributed by atoms with E-state index < -0.39 is 0 Å². The minimum Gasteiger partial charge on any atom is -0.315 e. The quantitative estimate of drug-likeness (QED) is 0.684. The molecule has 0 spiro atoms. The van der Waals surface area contributed by atoms with Gasteiger partial charge in [-0.1, -0.05) is 20.3 Å². The summed E-state index contributed by atoms with van der Waals surface area (Å²) < 4.78 is 1.22. The maximum absolute atomic E-state index is 3.54. The summed E-state index contributed by atoms with van der Waals surface area (Å²) in [6, 6.07) is 2.86. The highest BCUT2D eigenvalue weighted by atomic mass is 79.9. The number of rotatable bonds is 9. The number of hydrogen-bond donors (Lipinski definition) is 1. The van der Waals surface area contributed by atoms with Crippen LogP contribution in [-0.4, -0.2) is 31.1 Å². The Labute approximate surface area is 124 Å². The van der Waals surface area contributed by atoms with Crippen LogP contribution in [0.25, 0.3) is 0 Å². The summed E-state index contributed by atoms with van der Waals surface area (Å²) in [5.41, 5.74) is 1.41. The number of nitrogens with one attached hydrogen (secondary N) is 1. The van der Waals surface area contributed by atoms with Crippen LogP contribution in [-0.2, 0) is 6.54 Å². The third-order valence-electron chi connectivity index (χ3n) is 3.11. The van der Waals surface area contributed by atoms with Crippen molar-refractivity contribution in [2.24, 2.45) is 0 Å². The van der Waals surface area contributed by atoms with E-state index >= 15 is 0 Å². The van der Waals surface area contributed by atoms with Crippen molar-refractivity contribution in [3.05, 3.63) is 20.8 Å². The van der Waals surface area contributed by atoms with Crippen LogP contribution in [0, 0.1) is 0 Å². The fourth-order valence-corrected chi connectivity index (χ4v) is 3.30. The summed E-state index contributed by atoms with van der Waals surface area (Å²) in [5.74, 6) is 0. The normalized spacial score (nSPS) is 13.2. The van der Waals surface area contributed by atoms with E-state index in [1.165, 1.54) is 28.6 Å². The second-order valence-electron chi connectivity index (χ2n) is 4.82. The number of likely N-dealkylation sites (N-methyl/N-ethyl adjacent to an activating group) is 1. The summed E-state index contributed by atoms with van der Waals surface area (Å²) in [4.78, 5) is 2.47. The van der Waals surface area contributed by atoms with Gasteiger partial charge in [0.1, 0.15) is 0 Å². The Morgan fingerprint density at radius 1 is 1.39 bits per heavy atom. The van der Waals surface area contributed by atoms with Gasteiger partial charge in [-0.25, -0.2) is 0 Å². The van der Waals surface area contributed by atoms with E-state index in [1.54, 1.807) is 11.3 Å². The van der Waals surface area contributed by atoms with E-state index in [9.17, 15) is 0 Å². The van der Waals surface area contributed by atoms with Crippen molar-refractivity contribution in [1.82, 2.24) is 10.2 Å². The van der Waals surface area contributed by atoms with Crippen molar-refractivity contribution in [3.63, 3.8) is 0 Å². The average molecular weight is 333 g/mol. The van der Waals surface area contributed by atoms with Gasteiger partial charge in [0.25, 0.3) is 0 Å². The summed E-state index contributed by atoms with van der Waals surface area (Å²) >= 11 is 5.30. The molecular weight excluding hydrogens is 308 g/mol. The van der Waals surface area contributed by atoms with Crippen LogP contribution in [0.1, 0.15) is 38.7 Å². The molecule has 0 aliphatic heterocycles. The predicted molar refractivity (Wildman–Crippen MR) is 85.3 cm³/mol. The van der Waals surface area contributed by atoms with Gasteiger partial charge in [-0.3, -0.25) is 4.90 Å². The molecule has 104 valence electrons. The minimum atomic E-state index is 0.639. The van der Waals surface area contributed by atoms with Crippen LogP contribution in [0.3, 0.4) is 0 Å². The third-order valence-corrected chi connectivity index (χ3v) is 4.66. The highest BCUT2D eigenvalue weighted by Crippen LogP contribution is 2.22. The van der Waals surface area contributed by atoms with Gasteiger partial charge >= 0.3 is 0 Å². The maximum Gasteiger partial charge on any atom is 0.0701 e. The fourth-order valence-electron chi connectivity index (χ4n) is 2.10. The second-order valence-corrected chi connectivity index (χ2v) is 7.11. The van der Waals surface area contributed by atoms with Crippen LogP contribution >= 0.6 is 27.3 Å². The molecule has 0 fully saturated rings. The Morgan fingerprint density at radius 2 is 2.17 bits per heavy atom. The zero-order valence-corrected chi connectivity index (χ0v) is 14.1. The topological polar surface area (TPSA) is 15.3 Å². The van der Waals surface area contributed by atoms with Crippen LogP contribution in [0.2, 0.25) is 0 Å². The largest absolute Gasteiger partial charge is 0.315 e. The fraction of sp³-hybridized carbons (Fsp3) is 0.714. The second kappa shape index (κ2) is 9.08. The third kappa shape index (κ3) is 5.83. The average Bonchev–Trinajstić information content (AvgIpc) is 2.74. The standard InChI is InChI=1S/C14H25BrN2S/c1-4-6-13(9-16-7-5-2)17(3)10-12-8-14(15)18-11-12/h8,11,13,16H,4-7,9-10H2,1-3H3. The lowest BCUT2D eigenvalue weighted by Crippen LogP contribution is -2.39. The first kappa shape index (κ1) is 16.2. The Morgan fingerprint density at radius 3 is 2.72 bits per heavy atom. The molecule has 0 bridgehead atoms. The molecule has 1 heterocycles. The molecule has 0 aliphatic carbocycles. The van der Waals surface area contributed by atoms with Gasteiger partial charge in [0.2, 0.25) is 0 Å². The molecule has 0 aliphatic rings. The van der Waals surface area contributed by atoms with E-state index in [1.807, 2.05) is 0 Å². The Hall–Kier alpha value is 0.100. The molecule has 0 saturated heterocycles. The molecule has 0 radical (unpaired) electrons. The van der Waals surface area contributed by atoms with Crippen molar-refractivity contribution in [1.29, 1.82) is 0 Å². The predicted octanol–water partition coefficient (Wildman–Crippen LogP) is 4.11. The Balaban J connectivity index is 2.44. The van der Waals surface area contributed by atoms with E-state index in [0.717, 1.165) is 19.6 Å². The first-order chi connectivity index (χ1) is 8.67. The molecule has 2 nitrogen and oxygen atoms in total. The van der Waals surface area contributed by atoms with Crippen LogP contribution in [0.4, 0.5) is 0 Å². The SMILES string of the molecule is CCCNCC(CCC)N(C)Cc1csc(Br)c1. The minimum absolute atomic E-state index is 0.639. The molecule has 1 N–H and O–H groups in total. The van der Waals surface area contributed by atoms with Crippen molar-refractivity contribution in [2.75, 3.05) is 20.1 Å². The lowest BCUT2D eigenvalue weighted by molar-refractivity contribution is 0.215. The van der Waals surface area contributed by atoms with Crippen LogP contribution < -0.4 is 5.32 Å². The molecule has 1 unspecified atom stereocenters. The highest BCUT2D eigenvalue weighted by molar-refractivity contribution is 9.11. The molecule has 4 heteroatoms. The van der Waals surface area contributed by atoms with Gasteiger partial charge in [-0.05, 0) is 59.4 Å². The number of nitrogens with zero attached hydrogens (tertiary/aromatic N) is 1. The number of thiophene rings is 1. The van der Waals surface area contributed by atoms with Gasteiger partial charge < -0.3 is 5.32 Å². The molecule has 1 aromatic heterocycles. The van der Waals surface area contributed by atoms with E-state index in [4.69, 9.17) is 0 Å². The van der Waals surface area contributed by atoms with Crippen LogP contribution in [0.5, 0.6) is 0 Å². The van der Waals surface area contributed by atoms with Gasteiger partial charge in [0, 0.05) is 19.1 Å². The van der Waals surface area contributed by atoms with Gasteiger partial charge in [-0.2, -0.15) is 0 Å². The Bertz CT molecular complexity index is 327. The van der Waals surface area contributed by atoms with Crippen molar-refractivity contribution < 1.29 is 0 Å². The highest BCUT2D eigenvalue weighted by Gasteiger charge is 2.14. The van der Waals surface area contributed by atoms with Gasteiger partial charge in [-0.15, -0.1) is 11.3 Å².